The third-order valence-corrected chi connectivity index (χ3v) is 6.48. The van der Waals surface area contributed by atoms with Crippen LogP contribution in [0.1, 0.15) is 20.8 Å². The summed E-state index contributed by atoms with van der Waals surface area (Å²) in [6.07, 6.45) is 0. The van der Waals surface area contributed by atoms with E-state index >= 15 is 8.78 Å². The average Bonchev–Trinajstić information content (AvgIpc) is 2.91. The molecule has 37 heavy (non-hydrogen) atoms. The van der Waals surface area contributed by atoms with Crippen LogP contribution in [0.2, 0.25) is 0 Å². The van der Waals surface area contributed by atoms with Crippen LogP contribution < -0.4 is 4.90 Å². The van der Waals surface area contributed by atoms with Gasteiger partial charge in [-0.25, -0.2) is 8.78 Å². The molecule has 5 aromatic carbocycles. The number of hydrogen-bond acceptors (Lipinski definition) is 1. The molecule has 0 aliphatic carbocycles. The summed E-state index contributed by atoms with van der Waals surface area (Å²) in [6, 6.07) is 38.1. The molecule has 5 aromatic rings. The minimum atomic E-state index is -0.609. The first kappa shape index (κ1) is 24.5. The highest BCUT2D eigenvalue weighted by molar-refractivity contribution is 5.95. The molecule has 184 valence electrons. The van der Waals surface area contributed by atoms with Crippen LogP contribution in [0.3, 0.4) is 0 Å². The van der Waals surface area contributed by atoms with Crippen molar-refractivity contribution in [2.24, 2.45) is 0 Å². The molecule has 0 saturated heterocycles. The Hall–Kier alpha value is -4.24. The van der Waals surface area contributed by atoms with Crippen LogP contribution in [0.25, 0.3) is 33.4 Å². The van der Waals surface area contributed by atoms with Crippen molar-refractivity contribution < 1.29 is 8.78 Å². The molecule has 0 atom stereocenters. The number of nitrogens with zero attached hydrogens (tertiary/aromatic N) is 1. The van der Waals surface area contributed by atoms with E-state index < -0.39 is 17.2 Å². The summed E-state index contributed by atoms with van der Waals surface area (Å²) in [7, 11) is 0. The maximum Gasteiger partial charge on any atom is 0.147 e. The highest BCUT2D eigenvalue weighted by Gasteiger charge is 2.31. The van der Waals surface area contributed by atoms with E-state index in [1.165, 1.54) is 12.1 Å². The number of anilines is 2. The number of benzene rings is 5. The van der Waals surface area contributed by atoms with Crippen LogP contribution in [0.4, 0.5) is 20.2 Å². The molecule has 0 unspecified atom stereocenters. The topological polar surface area (TPSA) is 3.24 Å². The summed E-state index contributed by atoms with van der Waals surface area (Å²) in [5, 5.41) is 0. The second kappa shape index (κ2) is 10.0. The third kappa shape index (κ3) is 4.90. The van der Waals surface area contributed by atoms with Gasteiger partial charge in [0, 0.05) is 11.1 Å². The van der Waals surface area contributed by atoms with Gasteiger partial charge in [0.25, 0.3) is 0 Å². The molecular formula is C34H29F2N. The van der Waals surface area contributed by atoms with Crippen molar-refractivity contribution >= 4 is 11.4 Å². The molecular weight excluding hydrogens is 460 g/mol. The molecule has 0 fully saturated rings. The summed E-state index contributed by atoms with van der Waals surface area (Å²) < 4.78 is 31.1. The molecule has 0 aromatic heterocycles. The SMILES string of the molecule is CC(C)(C)N(c1ccccc1F)c1c(F)ccc(-c2ccc(-c3ccccc3)cc2)c1-c1ccccc1. The highest BCUT2D eigenvalue weighted by Crippen LogP contribution is 2.46. The van der Waals surface area contributed by atoms with Gasteiger partial charge in [-0.1, -0.05) is 103 Å². The average molecular weight is 490 g/mol. The fourth-order valence-corrected chi connectivity index (χ4v) is 4.85. The van der Waals surface area contributed by atoms with Gasteiger partial charge in [-0.3, -0.25) is 0 Å². The van der Waals surface area contributed by atoms with Crippen LogP contribution in [-0.4, -0.2) is 5.54 Å². The van der Waals surface area contributed by atoms with Crippen LogP contribution in [0, 0.1) is 11.6 Å². The number of hydrogen-bond donors (Lipinski definition) is 0. The smallest absolute Gasteiger partial charge is 0.147 e. The lowest BCUT2D eigenvalue weighted by Crippen LogP contribution is -2.39. The van der Waals surface area contributed by atoms with E-state index in [-0.39, 0.29) is 0 Å². The Labute approximate surface area is 217 Å². The van der Waals surface area contributed by atoms with Gasteiger partial charge in [0.15, 0.2) is 0 Å². The summed E-state index contributed by atoms with van der Waals surface area (Å²) in [4.78, 5) is 1.78. The molecule has 0 aliphatic rings. The zero-order valence-corrected chi connectivity index (χ0v) is 21.3. The van der Waals surface area contributed by atoms with Crippen LogP contribution in [0.5, 0.6) is 0 Å². The van der Waals surface area contributed by atoms with E-state index in [9.17, 15) is 0 Å². The fraction of sp³-hybridized carbons (Fsp3) is 0.118. The third-order valence-electron chi connectivity index (χ3n) is 6.48. The van der Waals surface area contributed by atoms with E-state index in [1.54, 1.807) is 23.1 Å². The van der Waals surface area contributed by atoms with Crippen LogP contribution in [-0.2, 0) is 0 Å². The van der Waals surface area contributed by atoms with Gasteiger partial charge >= 0.3 is 0 Å². The Morgan fingerprint density at radius 3 is 1.59 bits per heavy atom. The standard InChI is InChI=1S/C34H29F2N/c1-34(2,3)37(31-17-11-10-16-29(31)35)33-30(36)23-22-28(32(33)27-14-8-5-9-15-27)26-20-18-25(19-21-26)24-12-6-4-7-13-24/h4-23H,1-3H3. The van der Waals surface area contributed by atoms with E-state index in [1.807, 2.05) is 75.4 Å². The zero-order valence-electron chi connectivity index (χ0n) is 21.3. The highest BCUT2D eigenvalue weighted by atomic mass is 19.1. The van der Waals surface area contributed by atoms with Gasteiger partial charge in [-0.15, -0.1) is 0 Å². The first-order valence-corrected chi connectivity index (χ1v) is 12.4. The molecule has 0 amide bonds. The van der Waals surface area contributed by atoms with Crippen molar-refractivity contribution in [3.63, 3.8) is 0 Å². The number of rotatable bonds is 5. The fourth-order valence-electron chi connectivity index (χ4n) is 4.85. The van der Waals surface area contributed by atoms with E-state index in [2.05, 4.69) is 36.4 Å². The Balaban J connectivity index is 1.77. The molecule has 0 spiro atoms. The predicted octanol–water partition coefficient (Wildman–Crippen LogP) is 9.90. The van der Waals surface area contributed by atoms with Crippen molar-refractivity contribution in [2.45, 2.75) is 26.3 Å². The Kier molecular flexibility index (Phi) is 6.62. The Bertz CT molecular complexity index is 1500. The van der Waals surface area contributed by atoms with Gasteiger partial charge in [-0.2, -0.15) is 0 Å². The van der Waals surface area contributed by atoms with Crippen molar-refractivity contribution in [3.05, 3.63) is 133 Å². The molecule has 0 heterocycles. The number of para-hydroxylation sites is 1. The first-order valence-electron chi connectivity index (χ1n) is 12.4. The summed E-state index contributed by atoms with van der Waals surface area (Å²) in [5.41, 5.74) is 5.76. The minimum absolute atomic E-state index is 0.336. The van der Waals surface area contributed by atoms with Gasteiger partial charge in [-0.05, 0) is 66.8 Å². The maximum absolute atomic E-state index is 16.0. The van der Waals surface area contributed by atoms with Gasteiger partial charge < -0.3 is 4.90 Å². The van der Waals surface area contributed by atoms with Gasteiger partial charge in [0.05, 0.1) is 11.4 Å². The van der Waals surface area contributed by atoms with Crippen molar-refractivity contribution in [1.29, 1.82) is 0 Å². The lowest BCUT2D eigenvalue weighted by atomic mass is 9.89. The molecule has 1 nitrogen and oxygen atoms in total. The monoisotopic (exact) mass is 489 g/mol. The number of halogens is 2. The molecule has 0 radical (unpaired) electrons. The molecule has 0 N–H and O–H groups in total. The maximum atomic E-state index is 16.0. The second-order valence-electron chi connectivity index (χ2n) is 10.1. The minimum Gasteiger partial charge on any atom is -0.331 e. The van der Waals surface area contributed by atoms with Crippen molar-refractivity contribution in [1.82, 2.24) is 0 Å². The lowest BCUT2D eigenvalue weighted by Gasteiger charge is -2.39. The van der Waals surface area contributed by atoms with Crippen LogP contribution in [0.15, 0.2) is 121 Å². The predicted molar refractivity (Wildman–Crippen MR) is 151 cm³/mol. The van der Waals surface area contributed by atoms with E-state index in [0.717, 1.165) is 33.4 Å². The normalized spacial score (nSPS) is 11.4. The van der Waals surface area contributed by atoms with Crippen molar-refractivity contribution in [3.8, 4) is 33.4 Å². The summed E-state index contributed by atoms with van der Waals surface area (Å²) in [5.74, 6) is -0.796. The van der Waals surface area contributed by atoms with Crippen LogP contribution >= 0.6 is 0 Å². The largest absolute Gasteiger partial charge is 0.331 e. The Morgan fingerprint density at radius 1 is 0.486 bits per heavy atom. The molecule has 0 bridgehead atoms. The molecule has 5 rings (SSSR count). The lowest BCUT2D eigenvalue weighted by molar-refractivity contribution is 0.527. The zero-order chi connectivity index (χ0) is 26.0. The van der Waals surface area contributed by atoms with E-state index in [4.69, 9.17) is 0 Å². The quantitative estimate of drug-likeness (QED) is 0.237. The van der Waals surface area contributed by atoms with Gasteiger partial charge in [0.1, 0.15) is 11.6 Å². The van der Waals surface area contributed by atoms with Crippen molar-refractivity contribution in [2.75, 3.05) is 4.90 Å². The Morgan fingerprint density at radius 2 is 1.00 bits per heavy atom. The summed E-state index contributed by atoms with van der Waals surface area (Å²) in [6.45, 7) is 5.90. The first-order chi connectivity index (χ1) is 17.8. The molecule has 0 aliphatic heterocycles. The van der Waals surface area contributed by atoms with E-state index in [0.29, 0.717) is 11.4 Å². The summed E-state index contributed by atoms with van der Waals surface area (Å²) >= 11 is 0. The second-order valence-corrected chi connectivity index (χ2v) is 10.1. The molecule has 0 saturated carbocycles. The molecule has 3 heteroatoms. The van der Waals surface area contributed by atoms with Gasteiger partial charge in [0.2, 0.25) is 0 Å².